The van der Waals surface area contributed by atoms with Gasteiger partial charge in [0, 0.05) is 31.7 Å². The van der Waals surface area contributed by atoms with Crippen LogP contribution in [0.25, 0.3) is 0 Å². The van der Waals surface area contributed by atoms with E-state index in [0.717, 1.165) is 0 Å². The van der Waals surface area contributed by atoms with Crippen molar-refractivity contribution in [2.24, 2.45) is 0 Å². The molecule has 0 saturated carbocycles. The van der Waals surface area contributed by atoms with E-state index in [0.29, 0.717) is 32.6 Å². The first-order chi connectivity index (χ1) is 12.1. The second-order valence-electron chi connectivity index (χ2n) is 5.76. The Balaban J connectivity index is 1.67. The lowest BCUT2D eigenvalue weighted by Crippen LogP contribution is -2.37. The monoisotopic (exact) mass is 346 g/mol. The number of carbonyl (C=O) groups is 2. The Morgan fingerprint density at radius 3 is 2.40 bits per heavy atom. The number of benzene rings is 1. The van der Waals surface area contributed by atoms with E-state index in [4.69, 9.17) is 9.15 Å². The molecule has 0 spiro atoms. The van der Waals surface area contributed by atoms with Crippen molar-refractivity contribution < 1.29 is 23.1 Å². The van der Waals surface area contributed by atoms with Crippen molar-refractivity contribution >= 4 is 11.8 Å². The van der Waals surface area contributed by atoms with Crippen LogP contribution in [0.4, 0.5) is 4.39 Å². The maximum atomic E-state index is 13.8. The highest BCUT2D eigenvalue weighted by atomic mass is 19.1. The minimum absolute atomic E-state index is 0.0997. The van der Waals surface area contributed by atoms with Crippen molar-refractivity contribution in [3.8, 4) is 5.75 Å². The molecular weight excluding hydrogens is 327 g/mol. The minimum atomic E-state index is -0.571. The van der Waals surface area contributed by atoms with E-state index in [1.54, 1.807) is 28.0 Å². The summed E-state index contributed by atoms with van der Waals surface area (Å²) >= 11 is 0. The Labute approximate surface area is 144 Å². The van der Waals surface area contributed by atoms with Gasteiger partial charge in [0.2, 0.25) is 0 Å². The topological polar surface area (TPSA) is 63.0 Å². The molecule has 25 heavy (non-hydrogen) atoms. The first kappa shape index (κ1) is 17.0. The molecule has 132 valence electrons. The fraction of sp³-hybridized carbons (Fsp3) is 0.333. The molecule has 0 bridgehead atoms. The number of amides is 2. The Hall–Kier alpha value is -2.83. The summed E-state index contributed by atoms with van der Waals surface area (Å²) in [6, 6.07) is 7.45. The molecule has 1 aliphatic heterocycles. The van der Waals surface area contributed by atoms with E-state index in [9.17, 15) is 14.0 Å². The second-order valence-corrected chi connectivity index (χ2v) is 5.76. The summed E-state index contributed by atoms with van der Waals surface area (Å²) in [7, 11) is 1.37. The zero-order valence-corrected chi connectivity index (χ0v) is 13.9. The summed E-state index contributed by atoms with van der Waals surface area (Å²) < 4.78 is 23.8. The van der Waals surface area contributed by atoms with Crippen molar-refractivity contribution in [3.63, 3.8) is 0 Å². The lowest BCUT2D eigenvalue weighted by atomic mass is 10.1. The van der Waals surface area contributed by atoms with Gasteiger partial charge >= 0.3 is 0 Å². The largest absolute Gasteiger partial charge is 0.494 e. The average molecular weight is 346 g/mol. The van der Waals surface area contributed by atoms with Crippen molar-refractivity contribution in [2.45, 2.75) is 6.42 Å². The van der Waals surface area contributed by atoms with E-state index < -0.39 is 5.82 Å². The van der Waals surface area contributed by atoms with Gasteiger partial charge in [0.25, 0.3) is 11.8 Å². The van der Waals surface area contributed by atoms with Gasteiger partial charge in [0.15, 0.2) is 17.3 Å². The van der Waals surface area contributed by atoms with Crippen LogP contribution in [0.2, 0.25) is 0 Å². The third-order valence-electron chi connectivity index (χ3n) is 4.20. The maximum Gasteiger partial charge on any atom is 0.289 e. The predicted octanol–water partition coefficient (Wildman–Crippen LogP) is 2.42. The molecule has 1 aromatic carbocycles. The smallest absolute Gasteiger partial charge is 0.289 e. The number of hydrogen-bond donors (Lipinski definition) is 0. The Kier molecular flexibility index (Phi) is 5.02. The Bertz CT molecular complexity index is 760. The van der Waals surface area contributed by atoms with Gasteiger partial charge in [-0.25, -0.2) is 4.39 Å². The number of carbonyl (C=O) groups excluding carboxylic acids is 2. The number of hydrogen-bond acceptors (Lipinski definition) is 4. The van der Waals surface area contributed by atoms with Crippen LogP contribution >= 0.6 is 0 Å². The van der Waals surface area contributed by atoms with Crippen LogP contribution in [0.15, 0.2) is 41.0 Å². The quantitative estimate of drug-likeness (QED) is 0.856. The van der Waals surface area contributed by atoms with Crippen LogP contribution in [-0.4, -0.2) is 54.9 Å². The van der Waals surface area contributed by atoms with E-state index in [-0.39, 0.29) is 28.9 Å². The van der Waals surface area contributed by atoms with Crippen LogP contribution in [0.1, 0.15) is 27.3 Å². The normalized spacial score (nSPS) is 15.0. The number of halogens is 1. The number of rotatable bonds is 3. The molecule has 0 atom stereocenters. The van der Waals surface area contributed by atoms with Crippen LogP contribution in [-0.2, 0) is 0 Å². The molecule has 0 N–H and O–H groups in total. The Morgan fingerprint density at radius 1 is 1.08 bits per heavy atom. The van der Waals surface area contributed by atoms with Gasteiger partial charge < -0.3 is 19.0 Å². The van der Waals surface area contributed by atoms with E-state index >= 15 is 0 Å². The maximum absolute atomic E-state index is 13.8. The standard InChI is InChI=1S/C18H19FN2O4/c1-24-15-6-5-13(12-14(15)19)17(22)20-7-3-8-21(10-9-20)18(23)16-4-2-11-25-16/h2,4-6,11-12H,3,7-10H2,1H3. The lowest BCUT2D eigenvalue weighted by molar-refractivity contribution is 0.0700. The summed E-state index contributed by atoms with van der Waals surface area (Å²) in [4.78, 5) is 28.2. The zero-order chi connectivity index (χ0) is 17.8. The lowest BCUT2D eigenvalue weighted by Gasteiger charge is -2.22. The highest BCUT2D eigenvalue weighted by Gasteiger charge is 2.25. The Morgan fingerprint density at radius 2 is 1.80 bits per heavy atom. The zero-order valence-electron chi connectivity index (χ0n) is 13.9. The van der Waals surface area contributed by atoms with Crippen molar-refractivity contribution in [3.05, 3.63) is 53.7 Å². The summed E-state index contributed by atoms with van der Waals surface area (Å²) in [5, 5.41) is 0. The van der Waals surface area contributed by atoms with Gasteiger partial charge in [-0.2, -0.15) is 0 Å². The molecular formula is C18H19FN2O4. The average Bonchev–Trinajstić information content (AvgIpc) is 3.05. The molecule has 1 fully saturated rings. The number of nitrogens with zero attached hydrogens (tertiary/aromatic N) is 2. The second kappa shape index (κ2) is 7.38. The minimum Gasteiger partial charge on any atom is -0.494 e. The molecule has 2 heterocycles. The molecule has 7 heteroatoms. The van der Waals surface area contributed by atoms with Crippen molar-refractivity contribution in [1.82, 2.24) is 9.80 Å². The van der Waals surface area contributed by atoms with E-state index in [1.165, 1.54) is 25.5 Å². The predicted molar refractivity (Wildman–Crippen MR) is 88.1 cm³/mol. The third-order valence-corrected chi connectivity index (χ3v) is 4.20. The van der Waals surface area contributed by atoms with Crippen LogP contribution < -0.4 is 4.74 Å². The highest BCUT2D eigenvalue weighted by molar-refractivity contribution is 5.94. The molecule has 3 rings (SSSR count). The van der Waals surface area contributed by atoms with Crippen LogP contribution in [0.3, 0.4) is 0 Å². The molecule has 6 nitrogen and oxygen atoms in total. The van der Waals surface area contributed by atoms with E-state index in [1.807, 2.05) is 0 Å². The van der Waals surface area contributed by atoms with Crippen molar-refractivity contribution in [1.29, 1.82) is 0 Å². The molecule has 2 aromatic rings. The molecule has 1 saturated heterocycles. The van der Waals surface area contributed by atoms with Crippen LogP contribution in [0.5, 0.6) is 5.75 Å². The molecule has 0 aliphatic carbocycles. The highest BCUT2D eigenvalue weighted by Crippen LogP contribution is 2.19. The van der Waals surface area contributed by atoms with Gasteiger partial charge in [-0.05, 0) is 36.8 Å². The van der Waals surface area contributed by atoms with Gasteiger partial charge in [-0.3, -0.25) is 9.59 Å². The summed E-state index contributed by atoms with van der Waals surface area (Å²) in [5.74, 6) is -0.624. The SMILES string of the molecule is COc1ccc(C(=O)N2CCCN(C(=O)c3ccco3)CC2)cc1F. The molecule has 0 unspecified atom stereocenters. The van der Waals surface area contributed by atoms with Crippen LogP contribution in [0, 0.1) is 5.82 Å². The first-order valence-electron chi connectivity index (χ1n) is 8.05. The number of ether oxygens (including phenoxy) is 1. The summed E-state index contributed by atoms with van der Waals surface area (Å²) in [6.45, 7) is 1.84. The number of furan rings is 1. The van der Waals surface area contributed by atoms with Gasteiger partial charge in [-0.1, -0.05) is 0 Å². The molecule has 0 radical (unpaired) electrons. The first-order valence-corrected chi connectivity index (χ1v) is 8.05. The van der Waals surface area contributed by atoms with Gasteiger partial charge in [-0.15, -0.1) is 0 Å². The summed E-state index contributed by atoms with van der Waals surface area (Å²) in [5.41, 5.74) is 0.268. The molecule has 2 amide bonds. The van der Waals surface area contributed by atoms with Gasteiger partial charge in [0.1, 0.15) is 0 Å². The van der Waals surface area contributed by atoms with Crippen molar-refractivity contribution in [2.75, 3.05) is 33.3 Å². The van der Waals surface area contributed by atoms with E-state index in [2.05, 4.69) is 0 Å². The third kappa shape index (κ3) is 3.65. The fourth-order valence-electron chi connectivity index (χ4n) is 2.86. The van der Waals surface area contributed by atoms with Gasteiger partial charge in [0.05, 0.1) is 13.4 Å². The summed E-state index contributed by atoms with van der Waals surface area (Å²) in [6.07, 6.45) is 2.11. The number of methoxy groups -OCH3 is 1. The molecule has 1 aromatic heterocycles. The molecule has 1 aliphatic rings. The fourth-order valence-corrected chi connectivity index (χ4v) is 2.86.